The lowest BCUT2D eigenvalue weighted by molar-refractivity contribution is -0.158. The van der Waals surface area contributed by atoms with Crippen LogP contribution in [0, 0.1) is 5.92 Å². The first-order chi connectivity index (χ1) is 18.6. The van der Waals surface area contributed by atoms with Crippen LogP contribution in [-0.4, -0.2) is 98.0 Å². The van der Waals surface area contributed by atoms with Crippen LogP contribution in [0.4, 0.5) is 4.79 Å². The molecule has 0 bridgehead atoms. The summed E-state index contributed by atoms with van der Waals surface area (Å²) in [7, 11) is 0. The molecule has 0 radical (unpaired) electrons. The van der Waals surface area contributed by atoms with E-state index in [1.165, 1.54) is 0 Å². The fourth-order valence-corrected chi connectivity index (χ4v) is 3.66. The zero-order valence-electron chi connectivity index (χ0n) is 24.8. The Bertz CT molecular complexity index is 797. The van der Waals surface area contributed by atoms with Gasteiger partial charge in [0.1, 0.15) is 17.2 Å². The number of hydrogen-bond donors (Lipinski definition) is 4. The Labute approximate surface area is 237 Å². The Morgan fingerprint density at radius 2 is 1.60 bits per heavy atom. The van der Waals surface area contributed by atoms with E-state index in [0.29, 0.717) is 32.3 Å². The number of hydrogen-bond acceptors (Lipinski definition) is 11. The Balaban J connectivity index is 0.000000343. The van der Waals surface area contributed by atoms with E-state index >= 15 is 0 Å². The van der Waals surface area contributed by atoms with Crippen LogP contribution in [-0.2, 0) is 38.1 Å². The molecule has 3 heterocycles. The van der Waals surface area contributed by atoms with Gasteiger partial charge in [-0.1, -0.05) is 0 Å². The number of aliphatic hydroxyl groups is 1. The van der Waals surface area contributed by atoms with Crippen molar-refractivity contribution in [1.82, 2.24) is 10.6 Å². The Morgan fingerprint density at radius 1 is 0.975 bits per heavy atom. The van der Waals surface area contributed by atoms with Gasteiger partial charge < -0.3 is 45.2 Å². The number of carbonyl (C=O) groups excluding carboxylic acids is 4. The summed E-state index contributed by atoms with van der Waals surface area (Å²) in [4.78, 5) is 46.1. The van der Waals surface area contributed by atoms with Gasteiger partial charge in [0, 0.05) is 25.9 Å². The lowest BCUT2D eigenvalue weighted by Gasteiger charge is -2.23. The molecule has 0 aromatic carbocycles. The third-order valence-electron chi connectivity index (χ3n) is 5.54. The Kier molecular flexibility index (Phi) is 15.4. The number of amides is 2. The van der Waals surface area contributed by atoms with Gasteiger partial charge >= 0.3 is 18.0 Å². The molecule has 0 unspecified atom stereocenters. The third-order valence-corrected chi connectivity index (χ3v) is 5.54. The van der Waals surface area contributed by atoms with Gasteiger partial charge in [0.2, 0.25) is 5.91 Å². The fraction of sp³-hybridized carbons (Fsp3) is 0.852. The molecule has 3 fully saturated rings. The van der Waals surface area contributed by atoms with E-state index < -0.39 is 23.3 Å². The van der Waals surface area contributed by atoms with Crippen molar-refractivity contribution in [3.8, 4) is 0 Å². The number of rotatable bonds is 7. The molecule has 3 aliphatic rings. The Morgan fingerprint density at radius 3 is 2.02 bits per heavy atom. The van der Waals surface area contributed by atoms with E-state index in [1.807, 2.05) is 0 Å². The molecule has 4 atom stereocenters. The Hall–Kier alpha value is -2.48. The minimum absolute atomic E-state index is 0.0378. The highest BCUT2D eigenvalue weighted by Gasteiger charge is 2.31. The van der Waals surface area contributed by atoms with Crippen molar-refractivity contribution in [2.24, 2.45) is 11.7 Å². The maximum absolute atomic E-state index is 12.0. The van der Waals surface area contributed by atoms with Crippen molar-refractivity contribution in [2.45, 2.75) is 103 Å². The summed E-state index contributed by atoms with van der Waals surface area (Å²) in [6, 6.07) is -0.524. The van der Waals surface area contributed by atoms with Crippen LogP contribution in [0.2, 0.25) is 0 Å². The normalized spacial score (nSPS) is 23.0. The van der Waals surface area contributed by atoms with E-state index in [9.17, 15) is 19.2 Å². The van der Waals surface area contributed by atoms with Crippen molar-refractivity contribution >= 4 is 23.9 Å². The standard InChI is InChI=1S/C13H24N2O5.C10H16O4.C4H9NO/c1-13(2,3)20-12(18)15-10(4-6-16)11(17)14-9-5-7-19-8-9;1-10(2,3)14-8(11)6-7-4-5-13-9(7)12;5-4-1-2-6-3-4/h9-10,16H,4-8H2,1-3H3,(H,14,17)(H,15,18);7H,4-6H2,1-3H3;4H,1-3,5H2/t9-,10+;7-;4-/m111/s1. The first-order valence-corrected chi connectivity index (χ1v) is 13.8. The minimum atomic E-state index is -0.810. The van der Waals surface area contributed by atoms with Gasteiger partial charge in [-0.3, -0.25) is 14.4 Å². The average molecular weight is 576 g/mol. The largest absolute Gasteiger partial charge is 0.465 e. The molecule has 0 aliphatic carbocycles. The SMILES string of the molecule is CC(C)(C)OC(=O)C[C@H]1CCOC1=O.CC(C)(C)OC(=O)N[C@@H](CCO)C(=O)N[C@@H]1CCOC1.N[C@@H]1CCOC1. The number of nitrogens with one attached hydrogen (secondary N) is 2. The molecule has 3 saturated heterocycles. The number of carbonyl (C=O) groups is 4. The number of ether oxygens (including phenoxy) is 5. The lowest BCUT2D eigenvalue weighted by atomic mass is 10.0. The van der Waals surface area contributed by atoms with Crippen LogP contribution in [0.1, 0.15) is 73.6 Å². The van der Waals surface area contributed by atoms with E-state index in [1.54, 1.807) is 41.5 Å². The number of alkyl carbamates (subject to hydrolysis) is 1. The van der Waals surface area contributed by atoms with E-state index in [2.05, 4.69) is 10.6 Å². The van der Waals surface area contributed by atoms with E-state index in [4.69, 9.17) is 34.5 Å². The number of esters is 2. The molecule has 0 aromatic rings. The van der Waals surface area contributed by atoms with E-state index in [0.717, 1.165) is 26.1 Å². The highest BCUT2D eigenvalue weighted by Crippen LogP contribution is 2.20. The predicted octanol–water partition coefficient (Wildman–Crippen LogP) is 1.18. The molecule has 13 heteroatoms. The van der Waals surface area contributed by atoms with Gasteiger partial charge in [0.05, 0.1) is 38.2 Å². The molecule has 13 nitrogen and oxygen atoms in total. The molecule has 3 aliphatic heterocycles. The van der Waals surface area contributed by atoms with Crippen LogP contribution in [0.15, 0.2) is 0 Å². The summed E-state index contributed by atoms with van der Waals surface area (Å²) in [5.74, 6) is -1.25. The molecule has 3 rings (SSSR count). The van der Waals surface area contributed by atoms with Crippen LogP contribution < -0.4 is 16.4 Å². The van der Waals surface area contributed by atoms with Gasteiger partial charge in [0.25, 0.3) is 0 Å². The van der Waals surface area contributed by atoms with Crippen LogP contribution in [0.3, 0.4) is 0 Å². The van der Waals surface area contributed by atoms with Crippen molar-refractivity contribution in [2.75, 3.05) is 39.6 Å². The van der Waals surface area contributed by atoms with Crippen LogP contribution in [0.25, 0.3) is 0 Å². The molecule has 2 amide bonds. The number of aliphatic hydroxyl groups excluding tert-OH is 1. The topological polar surface area (TPSA) is 185 Å². The number of cyclic esters (lactones) is 1. The fourth-order valence-electron chi connectivity index (χ4n) is 3.66. The summed E-state index contributed by atoms with van der Waals surface area (Å²) in [5.41, 5.74) is 4.29. The summed E-state index contributed by atoms with van der Waals surface area (Å²) < 4.78 is 25.0. The molecule has 5 N–H and O–H groups in total. The summed E-state index contributed by atoms with van der Waals surface area (Å²) in [6.45, 7) is 13.6. The zero-order chi connectivity index (χ0) is 30.3. The summed E-state index contributed by atoms with van der Waals surface area (Å²) >= 11 is 0. The van der Waals surface area contributed by atoms with Crippen molar-refractivity contribution in [3.05, 3.63) is 0 Å². The van der Waals surface area contributed by atoms with Gasteiger partial charge in [0.15, 0.2) is 0 Å². The highest BCUT2D eigenvalue weighted by molar-refractivity contribution is 5.86. The lowest BCUT2D eigenvalue weighted by Crippen LogP contribution is -2.51. The average Bonchev–Trinajstić information content (AvgIpc) is 3.57. The molecular formula is C27H49N3O10. The maximum Gasteiger partial charge on any atom is 0.408 e. The summed E-state index contributed by atoms with van der Waals surface area (Å²) in [5, 5.41) is 14.3. The first kappa shape index (κ1) is 35.5. The minimum Gasteiger partial charge on any atom is -0.465 e. The van der Waals surface area contributed by atoms with Gasteiger partial charge in [-0.05, 0) is 67.2 Å². The van der Waals surface area contributed by atoms with Gasteiger partial charge in [-0.15, -0.1) is 0 Å². The zero-order valence-corrected chi connectivity index (χ0v) is 24.8. The van der Waals surface area contributed by atoms with Crippen LogP contribution in [0.5, 0.6) is 0 Å². The molecule has 232 valence electrons. The van der Waals surface area contributed by atoms with Gasteiger partial charge in [-0.2, -0.15) is 0 Å². The number of nitrogens with two attached hydrogens (primary N) is 1. The van der Waals surface area contributed by atoms with Crippen molar-refractivity contribution < 1.29 is 48.0 Å². The molecule has 0 aromatic heterocycles. The molecule has 0 spiro atoms. The molecule has 0 saturated carbocycles. The first-order valence-electron chi connectivity index (χ1n) is 13.8. The van der Waals surface area contributed by atoms with Crippen molar-refractivity contribution in [1.29, 1.82) is 0 Å². The highest BCUT2D eigenvalue weighted by atomic mass is 16.6. The van der Waals surface area contributed by atoms with E-state index in [-0.39, 0.29) is 49.3 Å². The second-order valence-corrected chi connectivity index (χ2v) is 11.8. The monoisotopic (exact) mass is 575 g/mol. The van der Waals surface area contributed by atoms with Crippen molar-refractivity contribution in [3.63, 3.8) is 0 Å². The smallest absolute Gasteiger partial charge is 0.408 e. The maximum atomic E-state index is 12.0. The third kappa shape index (κ3) is 16.6. The quantitative estimate of drug-likeness (QED) is 0.252. The van der Waals surface area contributed by atoms with Crippen LogP contribution >= 0.6 is 0 Å². The summed E-state index contributed by atoms with van der Waals surface area (Å²) in [6.07, 6.45) is 2.02. The van der Waals surface area contributed by atoms with Gasteiger partial charge in [-0.25, -0.2) is 4.79 Å². The predicted molar refractivity (Wildman–Crippen MR) is 145 cm³/mol. The second-order valence-electron chi connectivity index (χ2n) is 11.8. The second kappa shape index (κ2) is 17.4. The molecule has 40 heavy (non-hydrogen) atoms. The molecular weight excluding hydrogens is 526 g/mol.